The monoisotopic (exact) mass is 288 g/mol. The summed E-state index contributed by atoms with van der Waals surface area (Å²) in [6, 6.07) is 6.95. The minimum Gasteiger partial charge on any atom is -0.481 e. The van der Waals surface area contributed by atoms with E-state index in [1.54, 1.807) is 30.5 Å². The van der Waals surface area contributed by atoms with Crippen LogP contribution >= 0.6 is 0 Å². The van der Waals surface area contributed by atoms with E-state index < -0.39 is 5.97 Å². The molecule has 1 aromatic carbocycles. The number of aromatic amines is 1. The number of aliphatic imine (C=N–C) groups is 1. The van der Waals surface area contributed by atoms with Crippen LogP contribution in [0.2, 0.25) is 0 Å². The summed E-state index contributed by atoms with van der Waals surface area (Å²) in [5.41, 5.74) is 0.473. The number of rotatable bonds is 5. The molecular formula is C15H16N2O4. The summed E-state index contributed by atoms with van der Waals surface area (Å²) in [6.07, 6.45) is 1.77. The Morgan fingerprint density at radius 2 is 2.14 bits per heavy atom. The Labute approximate surface area is 121 Å². The first-order valence-electron chi connectivity index (χ1n) is 6.63. The van der Waals surface area contributed by atoms with Crippen molar-refractivity contribution in [3.63, 3.8) is 0 Å². The molecule has 1 aromatic heterocycles. The lowest BCUT2D eigenvalue weighted by molar-refractivity contribution is -0.136. The maximum absolute atomic E-state index is 11.6. The van der Waals surface area contributed by atoms with Crippen LogP contribution in [0.5, 0.6) is 0 Å². The van der Waals surface area contributed by atoms with Crippen LogP contribution in [0.4, 0.5) is 5.69 Å². The lowest BCUT2D eigenvalue weighted by atomic mass is 10.1. The maximum Gasteiger partial charge on any atom is 0.303 e. The number of fused-ring (bicyclic) bond motifs is 1. The van der Waals surface area contributed by atoms with Gasteiger partial charge in [0.2, 0.25) is 0 Å². The molecule has 1 heterocycles. The molecule has 6 nitrogen and oxygen atoms in total. The average Bonchev–Trinajstić information content (AvgIpc) is 2.45. The van der Waals surface area contributed by atoms with Gasteiger partial charge in [-0.05, 0) is 36.6 Å². The molecule has 2 rings (SSSR count). The Kier molecular flexibility index (Phi) is 4.71. The number of hydrogen-bond donors (Lipinski definition) is 2. The van der Waals surface area contributed by atoms with E-state index >= 15 is 0 Å². The first-order valence-corrected chi connectivity index (χ1v) is 6.63. The summed E-state index contributed by atoms with van der Waals surface area (Å²) in [7, 11) is 0. The van der Waals surface area contributed by atoms with Gasteiger partial charge in [-0.15, -0.1) is 0 Å². The molecule has 0 unspecified atom stereocenters. The zero-order valence-electron chi connectivity index (χ0n) is 11.6. The van der Waals surface area contributed by atoms with Crippen molar-refractivity contribution in [3.8, 4) is 0 Å². The molecule has 0 saturated heterocycles. The molecule has 0 aliphatic heterocycles. The van der Waals surface area contributed by atoms with Gasteiger partial charge in [-0.1, -0.05) is 0 Å². The van der Waals surface area contributed by atoms with Gasteiger partial charge in [0, 0.05) is 18.0 Å². The second-order valence-electron chi connectivity index (χ2n) is 4.41. The lowest BCUT2D eigenvalue weighted by Crippen LogP contribution is -2.07. The van der Waals surface area contributed by atoms with Crippen LogP contribution in [0.25, 0.3) is 10.8 Å². The maximum atomic E-state index is 11.6. The summed E-state index contributed by atoms with van der Waals surface area (Å²) in [5.74, 6) is -0.517. The van der Waals surface area contributed by atoms with Crippen molar-refractivity contribution in [2.24, 2.45) is 4.99 Å². The molecule has 6 heteroatoms. The standard InChI is InChI=1S/C15H16N2O4/c1-2-21-13(5-6-14(18)19)17-11-3-4-12-10(9-11)7-8-16-15(12)20/h3-4,7-9H,2,5-6H2,1H3,(H,16,20)(H,18,19). The summed E-state index contributed by atoms with van der Waals surface area (Å²) < 4.78 is 5.35. The first kappa shape index (κ1) is 14.8. The number of carboxylic acid groups (broad SMARTS) is 1. The first-order chi connectivity index (χ1) is 10.1. The quantitative estimate of drug-likeness (QED) is 0.653. The van der Waals surface area contributed by atoms with Crippen LogP contribution < -0.4 is 5.56 Å². The molecule has 0 saturated carbocycles. The SMILES string of the molecule is CCOC(CCC(=O)O)=Nc1ccc2c(=O)[nH]ccc2c1. The fourth-order valence-corrected chi connectivity index (χ4v) is 1.93. The minimum absolute atomic E-state index is 0.0356. The lowest BCUT2D eigenvalue weighted by Gasteiger charge is -2.06. The Balaban J connectivity index is 2.32. The summed E-state index contributed by atoms with van der Waals surface area (Å²) in [6.45, 7) is 2.24. The van der Waals surface area contributed by atoms with Crippen LogP contribution in [0.3, 0.4) is 0 Å². The van der Waals surface area contributed by atoms with Crippen LogP contribution in [0, 0.1) is 0 Å². The van der Waals surface area contributed by atoms with Gasteiger partial charge in [0.25, 0.3) is 5.56 Å². The summed E-state index contributed by atoms with van der Waals surface area (Å²) in [5, 5.41) is 10.1. The zero-order valence-corrected chi connectivity index (χ0v) is 11.6. The molecule has 0 atom stereocenters. The molecule has 2 aromatic rings. The zero-order chi connectivity index (χ0) is 15.2. The van der Waals surface area contributed by atoms with Crippen molar-refractivity contribution >= 4 is 28.3 Å². The highest BCUT2D eigenvalue weighted by Gasteiger charge is 2.06. The van der Waals surface area contributed by atoms with Gasteiger partial charge in [0.1, 0.15) is 0 Å². The number of hydrogen-bond acceptors (Lipinski definition) is 4. The van der Waals surface area contributed by atoms with E-state index in [1.165, 1.54) is 0 Å². The number of carboxylic acids is 1. The molecule has 110 valence electrons. The molecular weight excluding hydrogens is 272 g/mol. The van der Waals surface area contributed by atoms with Crippen LogP contribution in [0.15, 0.2) is 40.2 Å². The predicted octanol–water partition coefficient (Wildman–Crippen LogP) is 2.46. The third-order valence-corrected chi connectivity index (χ3v) is 2.87. The Hall–Kier alpha value is -2.63. The van der Waals surface area contributed by atoms with E-state index in [-0.39, 0.29) is 18.4 Å². The van der Waals surface area contributed by atoms with Gasteiger partial charge < -0.3 is 14.8 Å². The molecule has 0 fully saturated rings. The number of aromatic nitrogens is 1. The van der Waals surface area contributed by atoms with Crippen molar-refractivity contribution in [1.82, 2.24) is 4.98 Å². The Morgan fingerprint density at radius 3 is 2.86 bits per heavy atom. The highest BCUT2D eigenvalue weighted by molar-refractivity contribution is 5.87. The Bertz CT molecular complexity index is 734. The molecule has 0 aliphatic carbocycles. The molecule has 0 bridgehead atoms. The smallest absolute Gasteiger partial charge is 0.303 e. The van der Waals surface area contributed by atoms with Crippen molar-refractivity contribution in [2.45, 2.75) is 19.8 Å². The predicted molar refractivity (Wildman–Crippen MR) is 80.2 cm³/mol. The average molecular weight is 288 g/mol. The topological polar surface area (TPSA) is 91.8 Å². The fraction of sp³-hybridized carbons (Fsp3) is 0.267. The van der Waals surface area contributed by atoms with E-state index in [0.29, 0.717) is 23.6 Å². The van der Waals surface area contributed by atoms with E-state index in [9.17, 15) is 9.59 Å². The third-order valence-electron chi connectivity index (χ3n) is 2.87. The largest absolute Gasteiger partial charge is 0.481 e. The second kappa shape index (κ2) is 6.69. The van der Waals surface area contributed by atoms with Gasteiger partial charge in [-0.25, -0.2) is 4.99 Å². The molecule has 0 radical (unpaired) electrons. The summed E-state index contributed by atoms with van der Waals surface area (Å²) in [4.78, 5) is 29.2. The Morgan fingerprint density at radius 1 is 1.33 bits per heavy atom. The molecule has 21 heavy (non-hydrogen) atoms. The van der Waals surface area contributed by atoms with E-state index in [4.69, 9.17) is 9.84 Å². The normalized spacial score (nSPS) is 11.6. The van der Waals surface area contributed by atoms with Crippen molar-refractivity contribution in [1.29, 1.82) is 0 Å². The minimum atomic E-state index is -0.896. The van der Waals surface area contributed by atoms with Gasteiger partial charge in [0.05, 0.1) is 18.7 Å². The van der Waals surface area contributed by atoms with Gasteiger partial charge >= 0.3 is 5.97 Å². The highest BCUT2D eigenvalue weighted by atomic mass is 16.5. The van der Waals surface area contributed by atoms with Crippen LogP contribution in [-0.2, 0) is 9.53 Å². The van der Waals surface area contributed by atoms with Crippen molar-refractivity contribution in [3.05, 3.63) is 40.8 Å². The number of carbonyl (C=O) groups is 1. The fourth-order valence-electron chi connectivity index (χ4n) is 1.93. The van der Waals surface area contributed by atoms with E-state index in [2.05, 4.69) is 9.98 Å². The van der Waals surface area contributed by atoms with E-state index in [1.807, 2.05) is 6.92 Å². The number of nitrogens with zero attached hydrogens (tertiary/aromatic N) is 1. The molecule has 2 N–H and O–H groups in total. The highest BCUT2D eigenvalue weighted by Crippen LogP contribution is 2.19. The van der Waals surface area contributed by atoms with Gasteiger partial charge in [0.15, 0.2) is 5.90 Å². The van der Waals surface area contributed by atoms with Crippen molar-refractivity contribution < 1.29 is 14.6 Å². The summed E-state index contributed by atoms with van der Waals surface area (Å²) >= 11 is 0. The molecule has 0 spiro atoms. The third kappa shape index (κ3) is 3.92. The number of nitrogens with one attached hydrogen (secondary N) is 1. The van der Waals surface area contributed by atoms with Crippen molar-refractivity contribution in [2.75, 3.05) is 6.61 Å². The number of aliphatic carboxylic acids is 1. The number of H-pyrrole nitrogens is 1. The number of ether oxygens (including phenoxy) is 1. The number of benzene rings is 1. The van der Waals surface area contributed by atoms with Gasteiger partial charge in [-0.3, -0.25) is 9.59 Å². The molecule has 0 amide bonds. The molecule has 0 aliphatic rings. The second-order valence-corrected chi connectivity index (χ2v) is 4.41. The van der Waals surface area contributed by atoms with Crippen LogP contribution in [0.1, 0.15) is 19.8 Å². The number of pyridine rings is 1. The van der Waals surface area contributed by atoms with Gasteiger partial charge in [-0.2, -0.15) is 0 Å². The van der Waals surface area contributed by atoms with Crippen LogP contribution in [-0.4, -0.2) is 28.6 Å². The van der Waals surface area contributed by atoms with E-state index in [0.717, 1.165) is 5.39 Å².